The van der Waals surface area contributed by atoms with Gasteiger partial charge in [-0.05, 0) is 88.6 Å². The molecule has 0 aliphatic heterocycles. The van der Waals surface area contributed by atoms with E-state index in [0.29, 0.717) is 5.69 Å². The lowest BCUT2D eigenvalue weighted by molar-refractivity contribution is 0.0929. The summed E-state index contributed by atoms with van der Waals surface area (Å²) in [7, 11) is 0. The minimum Gasteiger partial charge on any atom is -0.348 e. The number of benzene rings is 2. The second-order valence-electron chi connectivity index (χ2n) is 8.50. The standard InChI is InChI=1S/C27H36N4O/c1-6-30(7-2)17-11-12-22(5)28-27(32)26-19-25(23-16-15-20(3)21(4)18-23)29-31(26)24-13-9-8-10-14-24/h8-10,13-16,18-19,22H,6-7,11-12,17H2,1-5H3,(H,28,32). The molecule has 5 nitrogen and oxygen atoms in total. The summed E-state index contributed by atoms with van der Waals surface area (Å²) in [6.07, 6.45) is 2.01. The quantitative estimate of drug-likeness (QED) is 0.467. The first kappa shape index (κ1) is 23.7. The third-order valence-corrected chi connectivity index (χ3v) is 6.13. The van der Waals surface area contributed by atoms with Gasteiger partial charge in [0.1, 0.15) is 5.69 Å². The maximum absolute atomic E-state index is 13.2. The second kappa shape index (κ2) is 11.1. The number of hydrogen-bond acceptors (Lipinski definition) is 3. The molecule has 0 fully saturated rings. The van der Waals surface area contributed by atoms with E-state index in [2.05, 4.69) is 63.0 Å². The van der Waals surface area contributed by atoms with Gasteiger partial charge in [-0.15, -0.1) is 0 Å². The molecule has 0 radical (unpaired) electrons. The van der Waals surface area contributed by atoms with E-state index in [-0.39, 0.29) is 11.9 Å². The van der Waals surface area contributed by atoms with Crippen molar-refractivity contribution in [2.24, 2.45) is 0 Å². The summed E-state index contributed by atoms with van der Waals surface area (Å²) in [4.78, 5) is 15.7. The molecule has 5 heteroatoms. The van der Waals surface area contributed by atoms with E-state index < -0.39 is 0 Å². The van der Waals surface area contributed by atoms with Gasteiger partial charge in [0.25, 0.3) is 5.91 Å². The fourth-order valence-electron chi connectivity index (χ4n) is 3.88. The Morgan fingerprint density at radius 2 is 1.75 bits per heavy atom. The number of nitrogens with zero attached hydrogens (tertiary/aromatic N) is 3. The lowest BCUT2D eigenvalue weighted by Gasteiger charge is -2.20. The van der Waals surface area contributed by atoms with E-state index in [1.807, 2.05) is 36.4 Å². The minimum atomic E-state index is -0.0909. The van der Waals surface area contributed by atoms with Gasteiger partial charge in [0.05, 0.1) is 11.4 Å². The van der Waals surface area contributed by atoms with Crippen LogP contribution in [-0.4, -0.2) is 46.3 Å². The van der Waals surface area contributed by atoms with Crippen LogP contribution >= 0.6 is 0 Å². The molecule has 0 bridgehead atoms. The first-order valence-corrected chi connectivity index (χ1v) is 11.7. The van der Waals surface area contributed by atoms with E-state index in [4.69, 9.17) is 5.10 Å². The number of aryl methyl sites for hydroxylation is 2. The van der Waals surface area contributed by atoms with Crippen LogP contribution in [0.5, 0.6) is 0 Å². The van der Waals surface area contributed by atoms with E-state index >= 15 is 0 Å². The molecule has 0 aliphatic rings. The Labute approximate surface area is 192 Å². The zero-order valence-corrected chi connectivity index (χ0v) is 20.1. The van der Waals surface area contributed by atoms with Gasteiger partial charge in [-0.3, -0.25) is 4.79 Å². The fraction of sp³-hybridized carbons (Fsp3) is 0.407. The van der Waals surface area contributed by atoms with E-state index in [1.165, 1.54) is 11.1 Å². The molecule has 1 unspecified atom stereocenters. The molecule has 32 heavy (non-hydrogen) atoms. The molecule has 3 rings (SSSR count). The minimum absolute atomic E-state index is 0.0909. The van der Waals surface area contributed by atoms with Crippen molar-refractivity contribution < 1.29 is 4.79 Å². The van der Waals surface area contributed by atoms with E-state index in [1.54, 1.807) is 4.68 Å². The van der Waals surface area contributed by atoms with Crippen LogP contribution in [0.4, 0.5) is 0 Å². The summed E-state index contributed by atoms with van der Waals surface area (Å²) < 4.78 is 1.75. The zero-order chi connectivity index (χ0) is 23.1. The van der Waals surface area contributed by atoms with Gasteiger partial charge in [0.2, 0.25) is 0 Å². The highest BCUT2D eigenvalue weighted by Gasteiger charge is 2.19. The Kier molecular flexibility index (Phi) is 8.23. The molecule has 0 aliphatic carbocycles. The van der Waals surface area contributed by atoms with Crippen LogP contribution in [0.25, 0.3) is 16.9 Å². The van der Waals surface area contributed by atoms with Crippen LogP contribution in [-0.2, 0) is 0 Å². The third-order valence-electron chi connectivity index (χ3n) is 6.13. The average molecular weight is 433 g/mol. The smallest absolute Gasteiger partial charge is 0.270 e. The molecule has 170 valence electrons. The van der Waals surface area contributed by atoms with Crippen molar-refractivity contribution in [3.63, 3.8) is 0 Å². The molecule has 1 atom stereocenters. The van der Waals surface area contributed by atoms with Crippen molar-refractivity contribution in [1.82, 2.24) is 20.0 Å². The Bertz CT molecular complexity index is 1020. The van der Waals surface area contributed by atoms with Crippen LogP contribution in [0, 0.1) is 13.8 Å². The van der Waals surface area contributed by atoms with Crippen molar-refractivity contribution in [1.29, 1.82) is 0 Å². The predicted octanol–water partition coefficient (Wildman–Crippen LogP) is 5.40. The highest BCUT2D eigenvalue weighted by atomic mass is 16.2. The monoisotopic (exact) mass is 432 g/mol. The van der Waals surface area contributed by atoms with Gasteiger partial charge in [0.15, 0.2) is 0 Å². The molecule has 0 spiro atoms. The summed E-state index contributed by atoms with van der Waals surface area (Å²) in [6.45, 7) is 13.8. The number of aromatic nitrogens is 2. The van der Waals surface area contributed by atoms with Crippen LogP contribution in [0.2, 0.25) is 0 Å². The molecule has 1 heterocycles. The van der Waals surface area contributed by atoms with Crippen LogP contribution in [0.3, 0.4) is 0 Å². The number of nitrogens with one attached hydrogen (secondary N) is 1. The van der Waals surface area contributed by atoms with Crippen LogP contribution < -0.4 is 5.32 Å². The van der Waals surface area contributed by atoms with E-state index in [0.717, 1.165) is 49.4 Å². The van der Waals surface area contributed by atoms with Crippen molar-refractivity contribution in [2.75, 3.05) is 19.6 Å². The number of hydrogen-bond donors (Lipinski definition) is 1. The normalized spacial score (nSPS) is 12.2. The summed E-state index contributed by atoms with van der Waals surface area (Å²) in [5.74, 6) is -0.0909. The lowest BCUT2D eigenvalue weighted by atomic mass is 10.0. The Morgan fingerprint density at radius 3 is 2.41 bits per heavy atom. The van der Waals surface area contributed by atoms with Gasteiger partial charge < -0.3 is 10.2 Å². The summed E-state index contributed by atoms with van der Waals surface area (Å²) in [5, 5.41) is 7.99. The second-order valence-corrected chi connectivity index (χ2v) is 8.50. The first-order chi connectivity index (χ1) is 15.4. The number of amides is 1. The van der Waals surface area contributed by atoms with Crippen LogP contribution in [0.1, 0.15) is 55.2 Å². The molecule has 2 aromatic carbocycles. The average Bonchev–Trinajstić information content (AvgIpc) is 3.25. The Morgan fingerprint density at radius 1 is 1.03 bits per heavy atom. The largest absolute Gasteiger partial charge is 0.348 e. The van der Waals surface area contributed by atoms with Crippen molar-refractivity contribution in [2.45, 2.75) is 53.5 Å². The van der Waals surface area contributed by atoms with Gasteiger partial charge in [-0.1, -0.05) is 44.2 Å². The molecule has 1 amide bonds. The molecule has 0 saturated carbocycles. The molecular formula is C27H36N4O. The van der Waals surface area contributed by atoms with Gasteiger partial charge >= 0.3 is 0 Å². The third kappa shape index (κ3) is 5.86. The summed E-state index contributed by atoms with van der Waals surface area (Å²) in [6, 6.07) is 18.1. The topological polar surface area (TPSA) is 50.2 Å². The number of rotatable bonds is 10. The summed E-state index contributed by atoms with van der Waals surface area (Å²) >= 11 is 0. The predicted molar refractivity (Wildman–Crippen MR) is 132 cm³/mol. The Hall–Kier alpha value is -2.92. The van der Waals surface area contributed by atoms with E-state index in [9.17, 15) is 4.79 Å². The maximum atomic E-state index is 13.2. The number of carbonyl (C=O) groups is 1. The molecule has 1 aromatic heterocycles. The number of para-hydroxylation sites is 1. The van der Waals surface area contributed by atoms with Crippen LogP contribution in [0.15, 0.2) is 54.6 Å². The van der Waals surface area contributed by atoms with Crippen molar-refractivity contribution in [3.05, 3.63) is 71.4 Å². The van der Waals surface area contributed by atoms with Gasteiger partial charge in [0, 0.05) is 11.6 Å². The zero-order valence-electron chi connectivity index (χ0n) is 20.1. The molecule has 1 N–H and O–H groups in total. The fourth-order valence-corrected chi connectivity index (χ4v) is 3.88. The lowest BCUT2D eigenvalue weighted by Crippen LogP contribution is -2.34. The number of carbonyl (C=O) groups excluding carboxylic acids is 1. The molecular weight excluding hydrogens is 396 g/mol. The molecule has 0 saturated heterocycles. The van der Waals surface area contributed by atoms with Crippen molar-refractivity contribution >= 4 is 5.91 Å². The SMILES string of the molecule is CCN(CC)CCCC(C)NC(=O)c1cc(-c2ccc(C)c(C)c2)nn1-c1ccccc1. The van der Waals surface area contributed by atoms with Gasteiger partial charge in [-0.25, -0.2) is 4.68 Å². The van der Waals surface area contributed by atoms with Crippen molar-refractivity contribution in [3.8, 4) is 16.9 Å². The maximum Gasteiger partial charge on any atom is 0.270 e. The van der Waals surface area contributed by atoms with Gasteiger partial charge in [-0.2, -0.15) is 5.10 Å². The summed E-state index contributed by atoms with van der Waals surface area (Å²) in [5.41, 5.74) is 5.71. The molecule has 3 aromatic rings. The first-order valence-electron chi connectivity index (χ1n) is 11.7. The highest BCUT2D eigenvalue weighted by molar-refractivity contribution is 5.94. The highest BCUT2D eigenvalue weighted by Crippen LogP contribution is 2.24. The Balaban J connectivity index is 1.81.